The van der Waals surface area contributed by atoms with Crippen molar-refractivity contribution >= 4 is 29.6 Å². The van der Waals surface area contributed by atoms with Gasteiger partial charge in [-0.25, -0.2) is 0 Å². The van der Waals surface area contributed by atoms with Crippen molar-refractivity contribution in [3.63, 3.8) is 0 Å². The van der Waals surface area contributed by atoms with E-state index in [0.29, 0.717) is 47.0 Å². The predicted molar refractivity (Wildman–Crippen MR) is 122 cm³/mol. The summed E-state index contributed by atoms with van der Waals surface area (Å²) in [6, 6.07) is 5.44. The highest BCUT2D eigenvalue weighted by Gasteiger charge is 2.56. The van der Waals surface area contributed by atoms with Gasteiger partial charge in [0.25, 0.3) is 0 Å². The molecule has 4 nitrogen and oxygen atoms in total. The van der Waals surface area contributed by atoms with E-state index in [2.05, 4.69) is 0 Å². The number of aromatic nitrogens is 1. The van der Waals surface area contributed by atoms with Crippen LogP contribution < -0.4 is 11.5 Å². The minimum Gasteiger partial charge on any atom is -0.397 e. The molecule has 0 amide bonds. The van der Waals surface area contributed by atoms with Crippen molar-refractivity contribution in [1.82, 2.24) is 4.48 Å². The van der Waals surface area contributed by atoms with Crippen LogP contribution in [0, 0.1) is 13.8 Å². The van der Waals surface area contributed by atoms with Gasteiger partial charge >= 0.3 is 6.97 Å². The van der Waals surface area contributed by atoms with E-state index in [-0.39, 0.29) is 0 Å². The molecule has 2 aliphatic heterocycles. The first-order valence-electron chi connectivity index (χ1n) is 10.5. The zero-order chi connectivity index (χ0) is 22.1. The van der Waals surface area contributed by atoms with E-state index < -0.39 is 6.97 Å². The van der Waals surface area contributed by atoms with Gasteiger partial charge in [-0.15, -0.1) is 0 Å². The molecule has 2 aromatic rings. The Morgan fingerprint density at radius 2 is 1.67 bits per heavy atom. The molecule has 0 unspecified atom stereocenters. The van der Waals surface area contributed by atoms with Crippen LogP contribution in [-0.4, -0.2) is 21.6 Å². The third-order valence-corrected chi connectivity index (χ3v) is 6.87. The third-order valence-electron chi connectivity index (χ3n) is 6.87. The highest BCUT2D eigenvalue weighted by molar-refractivity contribution is 6.58. The molecule has 2 aliphatic rings. The van der Waals surface area contributed by atoms with Crippen LogP contribution in [0.2, 0.25) is 0 Å². The lowest BCUT2D eigenvalue weighted by Crippen LogP contribution is -2.51. The van der Waals surface area contributed by atoms with Crippen LogP contribution in [0.15, 0.2) is 35.0 Å². The molecule has 0 atom stereocenters. The molecule has 1 aromatic carbocycles. The van der Waals surface area contributed by atoms with Crippen molar-refractivity contribution < 1.29 is 13.1 Å². The fraction of sp³-hybridized carbons (Fsp3) is 0.348. The number of nitrogen functional groups attached to an aromatic ring is 2. The monoisotopic (exact) mass is 410 g/mol. The zero-order valence-electron chi connectivity index (χ0n) is 18.5. The van der Waals surface area contributed by atoms with E-state index in [1.165, 1.54) is 8.96 Å². The molecule has 0 saturated heterocycles. The number of hydrogen-bond acceptors (Lipinski definition) is 2. The topological polar surface area (TPSA) is 60.0 Å². The summed E-state index contributed by atoms with van der Waals surface area (Å²) in [6.45, 7) is 7.52. The molecule has 30 heavy (non-hydrogen) atoms. The second kappa shape index (κ2) is 6.59. The normalized spacial score (nSPS) is 17.7. The number of halogens is 2. The number of allylic oxidation sites excluding steroid dienone is 2. The largest absolute Gasteiger partial charge is 0.737 e. The van der Waals surface area contributed by atoms with Crippen LogP contribution in [0.3, 0.4) is 0 Å². The van der Waals surface area contributed by atoms with E-state index in [1.54, 1.807) is 26.0 Å². The summed E-state index contributed by atoms with van der Waals surface area (Å²) in [7, 11) is 0. The Morgan fingerprint density at radius 3 is 2.23 bits per heavy atom. The van der Waals surface area contributed by atoms with Gasteiger partial charge in [-0.1, -0.05) is 19.9 Å². The van der Waals surface area contributed by atoms with Crippen molar-refractivity contribution in [3.05, 3.63) is 63.1 Å². The summed E-state index contributed by atoms with van der Waals surface area (Å²) in [5.74, 6) is 0. The Bertz CT molecular complexity index is 1200. The molecular formula is C23H29BF2N4. The van der Waals surface area contributed by atoms with Crippen molar-refractivity contribution in [3.8, 4) is 0 Å². The SMILES string of the molecule is CCC1=C(C)C2=C(c3ccc(N)c(N)c3)c3c(C)c(CC)c(C)n3[B-](F)(F)[N+]2=C1C. The van der Waals surface area contributed by atoms with E-state index in [1.807, 2.05) is 33.8 Å². The molecule has 0 saturated carbocycles. The van der Waals surface area contributed by atoms with Gasteiger partial charge in [0.15, 0.2) is 5.70 Å². The Kier molecular flexibility index (Phi) is 4.49. The van der Waals surface area contributed by atoms with Crippen LogP contribution >= 0.6 is 0 Å². The van der Waals surface area contributed by atoms with Crippen molar-refractivity contribution in [2.75, 3.05) is 11.5 Å². The van der Waals surface area contributed by atoms with E-state index in [9.17, 15) is 0 Å². The number of anilines is 2. The molecule has 0 aliphatic carbocycles. The Morgan fingerprint density at radius 1 is 1.00 bits per heavy atom. The number of fused-ring (bicyclic) bond motifs is 2. The lowest BCUT2D eigenvalue weighted by atomic mass is 9.83. The standard InChI is InChI=1S/C23H29BF2N4/c1-7-17-12(3)22-21(16-9-10-19(27)20(28)11-16)23-13(4)18(8-2)15(6)30(23)24(25,26)29(22)14(17)5/h9-11H,7-8,27-28H2,1-6H3. The molecule has 4 N–H and O–H groups in total. The highest BCUT2D eigenvalue weighted by atomic mass is 19.2. The van der Waals surface area contributed by atoms with E-state index in [4.69, 9.17) is 11.5 Å². The van der Waals surface area contributed by atoms with E-state index in [0.717, 1.165) is 33.4 Å². The summed E-state index contributed by atoms with van der Waals surface area (Å²) < 4.78 is 34.8. The molecule has 3 heterocycles. The highest BCUT2D eigenvalue weighted by Crippen LogP contribution is 2.47. The fourth-order valence-electron chi connectivity index (χ4n) is 5.48. The Hall–Kier alpha value is -2.83. The van der Waals surface area contributed by atoms with Gasteiger partial charge in [0, 0.05) is 23.8 Å². The van der Waals surface area contributed by atoms with Gasteiger partial charge in [-0.2, -0.15) is 0 Å². The van der Waals surface area contributed by atoms with Gasteiger partial charge < -0.3 is 29.1 Å². The molecule has 158 valence electrons. The average Bonchev–Trinajstić information content (AvgIpc) is 3.09. The molecule has 7 heteroatoms. The quantitative estimate of drug-likeness (QED) is 0.550. The zero-order valence-corrected chi connectivity index (χ0v) is 18.5. The lowest BCUT2D eigenvalue weighted by Gasteiger charge is -2.34. The fourth-order valence-corrected chi connectivity index (χ4v) is 5.48. The lowest BCUT2D eigenvalue weighted by molar-refractivity contribution is -0.363. The number of rotatable bonds is 3. The Balaban J connectivity index is 2.23. The maximum Gasteiger partial charge on any atom is 0.737 e. The number of hydrogen-bond donors (Lipinski definition) is 2. The van der Waals surface area contributed by atoms with Gasteiger partial charge in [0.2, 0.25) is 0 Å². The number of benzene rings is 1. The number of nitrogens with two attached hydrogens (primary N) is 2. The maximum absolute atomic E-state index is 16.1. The molecule has 0 bridgehead atoms. The maximum atomic E-state index is 16.1. The van der Waals surface area contributed by atoms with Crippen LogP contribution in [0.25, 0.3) is 5.57 Å². The smallest absolute Gasteiger partial charge is 0.397 e. The minimum atomic E-state index is -4.02. The Labute approximate surface area is 176 Å². The van der Waals surface area contributed by atoms with Gasteiger partial charge in [0.05, 0.1) is 16.9 Å². The van der Waals surface area contributed by atoms with Gasteiger partial charge in [0.1, 0.15) is 5.71 Å². The number of nitrogens with zero attached hydrogens (tertiary/aromatic N) is 2. The molecular weight excluding hydrogens is 381 g/mol. The van der Waals surface area contributed by atoms with E-state index >= 15 is 8.63 Å². The first kappa shape index (κ1) is 20.4. The second-order valence-corrected chi connectivity index (χ2v) is 8.33. The van der Waals surface area contributed by atoms with Crippen LogP contribution in [0.5, 0.6) is 0 Å². The molecule has 0 spiro atoms. The molecule has 0 radical (unpaired) electrons. The summed E-state index contributed by atoms with van der Waals surface area (Å²) in [6.07, 6.45) is 1.40. The van der Waals surface area contributed by atoms with Crippen molar-refractivity contribution in [2.45, 2.75) is 54.4 Å². The second-order valence-electron chi connectivity index (χ2n) is 8.33. The first-order valence-corrected chi connectivity index (χ1v) is 10.5. The third kappa shape index (κ3) is 2.41. The van der Waals surface area contributed by atoms with Crippen LogP contribution in [-0.2, 0) is 6.42 Å². The average molecular weight is 410 g/mol. The summed E-state index contributed by atoms with van der Waals surface area (Å²) in [5.41, 5.74) is 20.8. The molecule has 4 rings (SSSR count). The van der Waals surface area contributed by atoms with Gasteiger partial charge in [-0.05, 0) is 68.1 Å². The van der Waals surface area contributed by atoms with Crippen molar-refractivity contribution in [1.29, 1.82) is 0 Å². The van der Waals surface area contributed by atoms with Crippen molar-refractivity contribution in [2.24, 2.45) is 0 Å². The van der Waals surface area contributed by atoms with Crippen LogP contribution in [0.4, 0.5) is 20.0 Å². The first-order chi connectivity index (χ1) is 14.1. The van der Waals surface area contributed by atoms with Crippen LogP contribution in [0.1, 0.15) is 62.2 Å². The molecule has 1 aromatic heterocycles. The summed E-state index contributed by atoms with van der Waals surface area (Å²) >= 11 is 0. The summed E-state index contributed by atoms with van der Waals surface area (Å²) in [4.78, 5) is 0. The van der Waals surface area contributed by atoms with Gasteiger partial charge in [-0.3, -0.25) is 0 Å². The minimum absolute atomic E-state index is 0.453. The summed E-state index contributed by atoms with van der Waals surface area (Å²) in [5, 5.41) is 0. The molecule has 0 fully saturated rings. The predicted octanol–water partition coefficient (Wildman–Crippen LogP) is 5.04.